The summed E-state index contributed by atoms with van der Waals surface area (Å²) in [7, 11) is 0. The Morgan fingerprint density at radius 1 is 0.433 bits per heavy atom. The van der Waals surface area contributed by atoms with Crippen LogP contribution in [-0.4, -0.2) is 9.13 Å². The molecule has 0 aliphatic heterocycles. The molecule has 0 aliphatic carbocycles. The van der Waals surface area contributed by atoms with Crippen molar-refractivity contribution >= 4 is 23.2 Å². The van der Waals surface area contributed by atoms with Crippen LogP contribution < -0.4 is 5.69 Å². The van der Waals surface area contributed by atoms with E-state index in [0.717, 1.165) is 0 Å². The Kier molecular flexibility index (Phi) is 5.31. The molecule has 0 bridgehead atoms. The lowest BCUT2D eigenvalue weighted by Gasteiger charge is -2.10. The van der Waals surface area contributed by atoms with E-state index in [1.165, 1.54) is 0 Å². The van der Waals surface area contributed by atoms with Crippen LogP contribution in [0.5, 0.6) is 0 Å². The first-order valence-electron chi connectivity index (χ1n) is 7.06. The largest absolute Gasteiger partial charge is 0.340 e. The highest BCUT2D eigenvalue weighted by atomic mass is 35.5. The number of rotatable bonds is 2. The zero-order valence-electron chi connectivity index (χ0n) is 13.3. The summed E-state index contributed by atoms with van der Waals surface area (Å²) < 4.78 is 135. The van der Waals surface area contributed by atoms with Crippen molar-refractivity contribution in [3.8, 4) is 11.4 Å². The average Bonchev–Trinajstić information content (AvgIpc) is 2.92. The number of hydrogen-bond acceptors (Lipinski definition) is 1. The molecule has 0 amide bonds. The number of halogens is 12. The molecule has 0 atom stereocenters. The van der Waals surface area contributed by atoms with Crippen LogP contribution in [0.4, 0.5) is 43.9 Å². The van der Waals surface area contributed by atoms with Gasteiger partial charge >= 0.3 is 5.69 Å². The highest BCUT2D eigenvalue weighted by Crippen LogP contribution is 2.34. The van der Waals surface area contributed by atoms with Gasteiger partial charge in [-0.25, -0.2) is 57.8 Å². The van der Waals surface area contributed by atoms with E-state index >= 15 is 0 Å². The van der Waals surface area contributed by atoms with Crippen LogP contribution in [0.1, 0.15) is 0 Å². The second kappa shape index (κ2) is 7.23. The Morgan fingerprint density at radius 3 is 0.867 bits per heavy atom. The van der Waals surface area contributed by atoms with E-state index in [0.29, 0.717) is 0 Å². The van der Waals surface area contributed by atoms with Gasteiger partial charge in [0, 0.05) is 0 Å². The number of hydrogen-bond donors (Lipinski definition) is 0. The van der Waals surface area contributed by atoms with E-state index in [-0.39, 0.29) is 0 Å². The first kappa shape index (κ1) is 22.0. The zero-order valence-corrected chi connectivity index (χ0v) is 14.9. The van der Waals surface area contributed by atoms with Gasteiger partial charge in [-0.15, -0.1) is 0 Å². The van der Waals surface area contributed by atoms with Crippen molar-refractivity contribution in [2.75, 3.05) is 0 Å². The molecule has 0 spiro atoms. The van der Waals surface area contributed by atoms with Crippen LogP contribution in [0.15, 0.2) is 4.79 Å². The predicted molar refractivity (Wildman–Crippen MR) is 81.0 cm³/mol. The summed E-state index contributed by atoms with van der Waals surface area (Å²) in [6, 6.07) is 0. The fourth-order valence-electron chi connectivity index (χ4n) is 2.42. The second-order valence-corrected chi connectivity index (χ2v) is 6.09. The van der Waals surface area contributed by atoms with Gasteiger partial charge in [0.15, 0.2) is 56.8 Å². The molecular weight excluding hydrogens is 485 g/mol. The molecule has 0 saturated carbocycles. The first-order valence-corrected chi connectivity index (χ1v) is 7.82. The van der Waals surface area contributed by atoms with Crippen LogP contribution in [0.25, 0.3) is 11.4 Å². The van der Waals surface area contributed by atoms with Crippen LogP contribution in [-0.2, 0) is 0 Å². The minimum absolute atomic E-state index is 0.502. The highest BCUT2D eigenvalue weighted by Gasteiger charge is 2.34. The van der Waals surface area contributed by atoms with Gasteiger partial charge in [-0.2, -0.15) is 0 Å². The van der Waals surface area contributed by atoms with Crippen molar-refractivity contribution in [1.29, 1.82) is 0 Å². The number of nitrogens with zero attached hydrogens (tertiary/aromatic N) is 2. The average molecular weight is 485 g/mol. The van der Waals surface area contributed by atoms with Crippen LogP contribution in [0, 0.1) is 58.2 Å². The smallest absolute Gasteiger partial charge is 0.247 e. The summed E-state index contributed by atoms with van der Waals surface area (Å²) in [5.41, 5.74) is -6.13. The molecule has 3 rings (SSSR count). The predicted octanol–water partition coefficient (Wildman–Crippen LogP) is 5.33. The molecule has 30 heavy (non-hydrogen) atoms. The molecule has 0 N–H and O–H groups in total. The molecule has 0 radical (unpaired) electrons. The number of benzene rings is 2. The van der Waals surface area contributed by atoms with Gasteiger partial charge in [-0.1, -0.05) is 23.2 Å². The number of imidazole rings is 1. The van der Waals surface area contributed by atoms with E-state index in [4.69, 9.17) is 23.2 Å². The van der Waals surface area contributed by atoms with E-state index in [1.54, 1.807) is 0 Å². The first-order chi connectivity index (χ1) is 13.8. The fraction of sp³-hybridized carbons (Fsp3) is 0. The Hall–Kier alpha value is -2.67. The van der Waals surface area contributed by atoms with Gasteiger partial charge in [0.1, 0.15) is 11.4 Å². The summed E-state index contributed by atoms with van der Waals surface area (Å²) >= 11 is 11.1. The maximum Gasteiger partial charge on any atom is 0.340 e. The van der Waals surface area contributed by atoms with Crippen LogP contribution in [0.2, 0.25) is 10.3 Å². The van der Waals surface area contributed by atoms with Crippen molar-refractivity contribution in [1.82, 2.24) is 9.13 Å². The molecule has 2 aromatic carbocycles. The SMILES string of the molecule is O=c1n(-c2c(F)c(F)c(F)c(F)c2F)c(Cl)c(Cl)n1-c1c(F)c(F)c(F)c(F)c1F. The molecule has 160 valence electrons. The third-order valence-electron chi connectivity index (χ3n) is 3.77. The Balaban J connectivity index is 2.50. The maximum absolute atomic E-state index is 14.0. The lowest BCUT2D eigenvalue weighted by Crippen LogP contribution is -2.27. The van der Waals surface area contributed by atoms with Gasteiger partial charge in [0.25, 0.3) is 0 Å². The minimum atomic E-state index is -2.61. The zero-order chi connectivity index (χ0) is 22.8. The lowest BCUT2D eigenvalue weighted by molar-refractivity contribution is 0.373. The van der Waals surface area contributed by atoms with Gasteiger partial charge in [-0.3, -0.25) is 0 Å². The lowest BCUT2D eigenvalue weighted by atomic mass is 10.2. The second-order valence-electron chi connectivity index (χ2n) is 5.37. The van der Waals surface area contributed by atoms with Crippen molar-refractivity contribution in [2.24, 2.45) is 0 Å². The molecule has 1 heterocycles. The topological polar surface area (TPSA) is 26.9 Å². The van der Waals surface area contributed by atoms with Crippen LogP contribution in [0.3, 0.4) is 0 Å². The van der Waals surface area contributed by atoms with Gasteiger partial charge in [-0.05, 0) is 0 Å². The van der Waals surface area contributed by atoms with E-state index in [2.05, 4.69) is 0 Å². The Morgan fingerprint density at radius 2 is 0.633 bits per heavy atom. The maximum atomic E-state index is 14.0. The van der Waals surface area contributed by atoms with E-state index in [9.17, 15) is 48.7 Å². The Bertz CT molecular complexity index is 1150. The molecular formula is C15Cl2F10N2O. The number of aromatic nitrogens is 2. The van der Waals surface area contributed by atoms with Gasteiger partial charge in [0.2, 0.25) is 11.6 Å². The molecule has 3 aromatic rings. The van der Waals surface area contributed by atoms with Crippen LogP contribution >= 0.6 is 23.2 Å². The minimum Gasteiger partial charge on any atom is -0.247 e. The van der Waals surface area contributed by atoms with Crippen molar-refractivity contribution in [3.05, 3.63) is 79.0 Å². The fourth-order valence-corrected chi connectivity index (χ4v) is 2.90. The summed E-state index contributed by atoms with van der Waals surface area (Å²) in [4.78, 5) is 12.4. The molecule has 15 heteroatoms. The molecule has 0 saturated heterocycles. The van der Waals surface area contributed by atoms with Gasteiger partial charge in [0.05, 0.1) is 0 Å². The van der Waals surface area contributed by atoms with E-state index in [1.807, 2.05) is 0 Å². The van der Waals surface area contributed by atoms with Crippen molar-refractivity contribution in [2.45, 2.75) is 0 Å². The van der Waals surface area contributed by atoms with Crippen molar-refractivity contribution in [3.63, 3.8) is 0 Å². The summed E-state index contributed by atoms with van der Waals surface area (Å²) in [5.74, 6) is -25.7. The van der Waals surface area contributed by atoms with Crippen molar-refractivity contribution < 1.29 is 43.9 Å². The molecule has 0 aliphatic rings. The third-order valence-corrected chi connectivity index (χ3v) is 4.56. The third kappa shape index (κ3) is 2.79. The quantitative estimate of drug-likeness (QED) is 0.274. The van der Waals surface area contributed by atoms with Gasteiger partial charge < -0.3 is 0 Å². The highest BCUT2D eigenvalue weighted by molar-refractivity contribution is 6.41. The van der Waals surface area contributed by atoms with E-state index < -0.39 is 94.7 Å². The molecule has 0 unspecified atom stereocenters. The normalized spacial score (nSPS) is 11.5. The summed E-state index contributed by atoms with van der Waals surface area (Å²) in [6.45, 7) is 0. The molecule has 3 nitrogen and oxygen atoms in total. The molecule has 1 aromatic heterocycles. The summed E-state index contributed by atoms with van der Waals surface area (Å²) in [5, 5.41) is -2.73. The monoisotopic (exact) mass is 484 g/mol. The molecule has 0 fully saturated rings. The summed E-state index contributed by atoms with van der Waals surface area (Å²) in [6.07, 6.45) is 0. The standard InChI is InChI=1S/C15Cl2F10N2O/c16-13-14(17)29(12-9(26)5(22)2(19)6(23)10(12)27)15(30)28(13)11-7(24)3(20)1(18)4(21)8(11)25. The Labute approximate surface area is 167 Å².